The number of hydrogen-bond acceptors (Lipinski definition) is 5. The molecule has 1 amide bonds. The first-order chi connectivity index (χ1) is 12.9. The maximum Gasteiger partial charge on any atom is 0.271 e. The molecule has 0 fully saturated rings. The number of benzene rings is 2. The maximum absolute atomic E-state index is 12.0. The minimum absolute atomic E-state index is 0.0473. The van der Waals surface area contributed by atoms with Crippen molar-refractivity contribution in [3.05, 3.63) is 72.9 Å². The summed E-state index contributed by atoms with van der Waals surface area (Å²) in [5.74, 6) is 0.0921. The molecule has 0 aliphatic rings. The molecule has 0 atom stereocenters. The largest absolute Gasteiger partial charge is 0.507 e. The molecular weight excluding hydrogens is 567 g/mol. The van der Waals surface area contributed by atoms with Gasteiger partial charge in [-0.3, -0.25) is 4.79 Å². The highest BCUT2D eigenvalue weighted by Gasteiger charge is 2.11. The number of nitrogens with zero attached hydrogens (tertiary/aromatic N) is 1. The molecule has 1 heterocycles. The second-order valence-corrected chi connectivity index (χ2v) is 8.70. The van der Waals surface area contributed by atoms with E-state index < -0.39 is 5.91 Å². The third-order valence-electron chi connectivity index (χ3n) is 3.26. The molecule has 0 aliphatic heterocycles. The van der Waals surface area contributed by atoms with E-state index >= 15 is 0 Å². The highest BCUT2D eigenvalue weighted by atomic mass is 127. The van der Waals surface area contributed by atoms with Crippen molar-refractivity contribution in [2.45, 2.75) is 9.99 Å². The van der Waals surface area contributed by atoms with Crippen molar-refractivity contribution in [3.8, 4) is 5.75 Å². The molecule has 0 saturated heterocycles. The van der Waals surface area contributed by atoms with E-state index in [4.69, 9.17) is 16.0 Å². The summed E-state index contributed by atoms with van der Waals surface area (Å²) in [6, 6.07) is 13.8. The van der Waals surface area contributed by atoms with E-state index in [9.17, 15) is 9.90 Å². The van der Waals surface area contributed by atoms with Crippen LogP contribution in [0.4, 0.5) is 0 Å². The highest BCUT2D eigenvalue weighted by Crippen LogP contribution is 2.35. The lowest BCUT2D eigenvalue weighted by Crippen LogP contribution is -2.17. The number of amides is 1. The van der Waals surface area contributed by atoms with Gasteiger partial charge in [0.25, 0.3) is 5.91 Å². The van der Waals surface area contributed by atoms with Crippen molar-refractivity contribution in [2.75, 3.05) is 0 Å². The van der Waals surface area contributed by atoms with Crippen LogP contribution in [-0.4, -0.2) is 17.2 Å². The monoisotopic (exact) mass is 576 g/mol. The van der Waals surface area contributed by atoms with Crippen molar-refractivity contribution < 1.29 is 14.3 Å². The van der Waals surface area contributed by atoms with Gasteiger partial charge in [0.05, 0.1) is 14.3 Å². The lowest BCUT2D eigenvalue weighted by molar-refractivity contribution is 0.0954. The van der Waals surface area contributed by atoms with Gasteiger partial charge in [0.1, 0.15) is 11.5 Å². The zero-order valence-corrected chi connectivity index (χ0v) is 18.8. The smallest absolute Gasteiger partial charge is 0.271 e. The number of rotatable bonds is 5. The van der Waals surface area contributed by atoms with E-state index in [-0.39, 0.29) is 5.75 Å². The van der Waals surface area contributed by atoms with Gasteiger partial charge in [0.2, 0.25) is 0 Å². The Labute approximate surface area is 186 Å². The Morgan fingerprint density at radius 2 is 2.00 bits per heavy atom. The molecule has 3 rings (SSSR count). The van der Waals surface area contributed by atoms with Crippen LogP contribution >= 0.6 is 61.9 Å². The van der Waals surface area contributed by atoms with E-state index in [1.807, 2.05) is 34.7 Å². The number of furan rings is 1. The van der Waals surface area contributed by atoms with Gasteiger partial charge in [-0.2, -0.15) is 5.10 Å². The Bertz CT molecular complexity index is 1010. The number of carbonyl (C=O) groups excluding carboxylic acids is 1. The van der Waals surface area contributed by atoms with Gasteiger partial charge in [-0.1, -0.05) is 23.4 Å². The number of halogens is 3. The minimum atomic E-state index is -0.431. The lowest BCUT2D eigenvalue weighted by Gasteiger charge is -2.01. The average Bonchev–Trinajstić information content (AvgIpc) is 2.98. The van der Waals surface area contributed by atoms with Crippen LogP contribution in [0.1, 0.15) is 16.1 Å². The number of aromatic hydroxyl groups is 1. The average molecular weight is 578 g/mol. The second-order valence-electron chi connectivity index (χ2n) is 5.21. The first-order valence-corrected chi connectivity index (χ1v) is 10.5. The van der Waals surface area contributed by atoms with Gasteiger partial charge < -0.3 is 9.52 Å². The molecule has 2 N–H and O–H groups in total. The normalized spacial score (nSPS) is 11.1. The zero-order valence-electron chi connectivity index (χ0n) is 13.4. The van der Waals surface area contributed by atoms with Crippen LogP contribution in [0.25, 0.3) is 0 Å². The fourth-order valence-electron chi connectivity index (χ4n) is 1.98. The molecule has 27 heavy (non-hydrogen) atoms. The Kier molecular flexibility index (Phi) is 6.85. The van der Waals surface area contributed by atoms with Crippen LogP contribution in [0.2, 0.25) is 5.02 Å². The number of nitrogens with one attached hydrogen (secondary N) is 1. The third-order valence-corrected chi connectivity index (χ3v) is 6.28. The summed E-state index contributed by atoms with van der Waals surface area (Å²) in [6.07, 6.45) is 1.40. The fraction of sp³-hybridized carbons (Fsp3) is 0. The van der Waals surface area contributed by atoms with Gasteiger partial charge in [-0.15, -0.1) is 0 Å². The Morgan fingerprint density at radius 1 is 1.26 bits per heavy atom. The topological polar surface area (TPSA) is 74.8 Å². The van der Waals surface area contributed by atoms with E-state index in [2.05, 4.69) is 26.5 Å². The molecular formula is C18H11BrClIN2O3S. The first kappa shape index (κ1) is 20.2. The summed E-state index contributed by atoms with van der Waals surface area (Å²) in [7, 11) is 0. The SMILES string of the molecule is O=C(NN=Cc1cc(Br)c(Sc2ccc(Cl)cc2)o1)c1ccc(I)c(O)c1. The van der Waals surface area contributed by atoms with Crippen LogP contribution in [0.3, 0.4) is 0 Å². The van der Waals surface area contributed by atoms with Crippen molar-refractivity contribution >= 4 is 74.0 Å². The fourth-order valence-corrected chi connectivity index (χ4v) is 3.78. The number of hydrogen-bond donors (Lipinski definition) is 2. The molecule has 0 saturated carbocycles. The number of phenols is 1. The summed E-state index contributed by atoms with van der Waals surface area (Å²) in [6.45, 7) is 0. The van der Waals surface area contributed by atoms with Gasteiger partial charge in [-0.25, -0.2) is 5.43 Å². The van der Waals surface area contributed by atoms with Crippen LogP contribution in [0.5, 0.6) is 5.75 Å². The predicted octanol–water partition coefficient (Wildman–Crippen LogP) is 5.92. The number of hydrazone groups is 1. The van der Waals surface area contributed by atoms with E-state index in [1.54, 1.807) is 30.3 Å². The summed E-state index contributed by atoms with van der Waals surface area (Å²) < 4.78 is 7.15. The molecule has 0 aliphatic carbocycles. The number of phenolic OH excluding ortho intramolecular Hbond substituents is 1. The van der Waals surface area contributed by atoms with E-state index in [1.165, 1.54) is 24.0 Å². The Morgan fingerprint density at radius 3 is 2.70 bits per heavy atom. The molecule has 0 unspecified atom stereocenters. The van der Waals surface area contributed by atoms with Gasteiger partial charge in [0, 0.05) is 21.5 Å². The molecule has 3 aromatic rings. The summed E-state index contributed by atoms with van der Waals surface area (Å²) >= 11 is 12.7. The first-order valence-electron chi connectivity index (χ1n) is 7.47. The second kappa shape index (κ2) is 9.13. The van der Waals surface area contributed by atoms with Gasteiger partial charge in [0.15, 0.2) is 5.09 Å². The summed E-state index contributed by atoms with van der Waals surface area (Å²) in [5, 5.41) is 14.9. The third kappa shape index (κ3) is 5.50. The Balaban J connectivity index is 1.64. The van der Waals surface area contributed by atoms with Crippen molar-refractivity contribution in [2.24, 2.45) is 5.10 Å². The maximum atomic E-state index is 12.0. The lowest BCUT2D eigenvalue weighted by atomic mass is 10.2. The molecule has 5 nitrogen and oxygen atoms in total. The highest BCUT2D eigenvalue weighted by molar-refractivity contribution is 14.1. The molecule has 2 aromatic carbocycles. The van der Waals surface area contributed by atoms with Crippen molar-refractivity contribution in [3.63, 3.8) is 0 Å². The molecule has 0 bridgehead atoms. The van der Waals surface area contributed by atoms with Crippen LogP contribution in [0.15, 0.2) is 72.5 Å². The van der Waals surface area contributed by atoms with E-state index in [0.29, 0.717) is 25.0 Å². The van der Waals surface area contributed by atoms with Crippen LogP contribution in [-0.2, 0) is 0 Å². The molecule has 1 aromatic heterocycles. The molecule has 0 radical (unpaired) electrons. The van der Waals surface area contributed by atoms with Gasteiger partial charge in [-0.05, 0) is 81.0 Å². The van der Waals surface area contributed by atoms with Crippen molar-refractivity contribution in [1.29, 1.82) is 0 Å². The molecule has 0 spiro atoms. The standard InChI is InChI=1S/C18H11BrClIN2O3S/c19-14-8-12(26-18(14)27-13-4-2-11(20)3-5-13)9-22-23-17(25)10-1-6-15(21)16(24)7-10/h1-9,24H,(H,23,25). The summed E-state index contributed by atoms with van der Waals surface area (Å²) in [5.41, 5.74) is 2.71. The van der Waals surface area contributed by atoms with Crippen molar-refractivity contribution in [1.82, 2.24) is 5.43 Å². The van der Waals surface area contributed by atoms with Crippen LogP contribution in [0, 0.1) is 3.57 Å². The van der Waals surface area contributed by atoms with E-state index in [0.717, 1.165) is 9.37 Å². The number of carbonyl (C=O) groups is 1. The molecule has 9 heteroatoms. The summed E-state index contributed by atoms with van der Waals surface area (Å²) in [4.78, 5) is 13.0. The minimum Gasteiger partial charge on any atom is -0.507 e. The van der Waals surface area contributed by atoms with Crippen LogP contribution < -0.4 is 5.43 Å². The quantitative estimate of drug-likeness (QED) is 0.224. The Hall–Kier alpha value is -1.49. The zero-order chi connectivity index (χ0) is 19.4. The predicted molar refractivity (Wildman–Crippen MR) is 118 cm³/mol. The molecule has 138 valence electrons. The van der Waals surface area contributed by atoms with Gasteiger partial charge >= 0.3 is 0 Å².